The van der Waals surface area contributed by atoms with Gasteiger partial charge in [0.15, 0.2) is 0 Å². The Morgan fingerprint density at radius 2 is 0.720 bits per heavy atom. The number of pyridine rings is 3. The van der Waals surface area contributed by atoms with Gasteiger partial charge in [0, 0.05) is 209 Å². The Bertz CT molecular complexity index is 4270. The number of hydrogen-bond acceptors (Lipinski definition) is 17. The smallest absolute Gasteiger partial charge is 0.126 e. The van der Waals surface area contributed by atoms with Gasteiger partial charge in [-0.05, 0) is 166 Å². The van der Waals surface area contributed by atoms with Gasteiger partial charge in [0.05, 0.1) is 68.9 Å². The maximum Gasteiger partial charge on any atom is 0.126 e. The molecule has 100 heavy (non-hydrogen) atoms. The Balaban J connectivity index is 0.0000000997. The van der Waals surface area contributed by atoms with Crippen molar-refractivity contribution in [1.82, 2.24) is 103 Å². The molecule has 0 saturated carbocycles. The first-order valence-electron chi connectivity index (χ1n) is 37.0. The average Bonchev–Trinajstić information content (AvgIpc) is 1.61. The van der Waals surface area contributed by atoms with E-state index >= 15 is 0 Å². The summed E-state index contributed by atoms with van der Waals surface area (Å²) in [6.07, 6.45) is 39.5. The summed E-state index contributed by atoms with van der Waals surface area (Å²) in [5.74, 6) is 3.47. The van der Waals surface area contributed by atoms with Crippen LogP contribution in [0.1, 0.15) is 166 Å². The highest BCUT2D eigenvalue weighted by Crippen LogP contribution is 2.47. The fraction of sp³-hybridized carbons (Fsp3) is 0.456. The quantitative estimate of drug-likeness (QED) is 0.112. The molecule has 4 saturated heterocycles. The van der Waals surface area contributed by atoms with Crippen LogP contribution >= 0.6 is 0 Å². The Hall–Kier alpha value is -9.15. The Morgan fingerprint density at radius 1 is 0.330 bits per heavy atom. The molecule has 21 nitrogen and oxygen atoms in total. The van der Waals surface area contributed by atoms with Gasteiger partial charge in [-0.2, -0.15) is 0 Å². The molecule has 8 aliphatic heterocycles. The van der Waals surface area contributed by atoms with Crippen LogP contribution in [-0.4, -0.2) is 155 Å². The maximum atomic E-state index is 4.86. The summed E-state index contributed by atoms with van der Waals surface area (Å²) in [4.78, 5) is 69.2. The number of aryl methyl sites for hydroxylation is 12. The van der Waals surface area contributed by atoms with Crippen LogP contribution in [0.3, 0.4) is 0 Å². The summed E-state index contributed by atoms with van der Waals surface area (Å²) in [6, 6.07) is 18.7. The van der Waals surface area contributed by atoms with Crippen LogP contribution in [0.2, 0.25) is 0 Å². The number of hydrogen-bond donors (Lipinski definition) is 0. The fourth-order valence-corrected chi connectivity index (χ4v) is 18.4. The van der Waals surface area contributed by atoms with E-state index in [0.29, 0.717) is 24.2 Å². The van der Waals surface area contributed by atoms with E-state index < -0.39 is 0 Å². The summed E-state index contributed by atoms with van der Waals surface area (Å²) >= 11 is 0. The number of aromatic nitrogens is 17. The minimum Gasteiger partial charge on any atom is -0.341 e. The van der Waals surface area contributed by atoms with Crippen LogP contribution in [-0.2, 0) is 77.5 Å². The van der Waals surface area contributed by atoms with Crippen molar-refractivity contribution in [2.75, 3.05) is 52.4 Å². The first-order chi connectivity index (χ1) is 49.2. The second kappa shape index (κ2) is 28.1. The molecule has 0 amide bonds. The predicted octanol–water partition coefficient (Wildman–Crippen LogP) is 11.7. The van der Waals surface area contributed by atoms with Crippen molar-refractivity contribution in [3.8, 4) is 0 Å². The first kappa shape index (κ1) is 64.2. The van der Waals surface area contributed by atoms with Gasteiger partial charge in [0.2, 0.25) is 0 Å². The third kappa shape index (κ3) is 12.4. The summed E-state index contributed by atoms with van der Waals surface area (Å²) in [5, 5.41) is 0. The largest absolute Gasteiger partial charge is 0.341 e. The van der Waals surface area contributed by atoms with Crippen LogP contribution in [0, 0.1) is 27.7 Å². The molecule has 4 unspecified atom stereocenters. The van der Waals surface area contributed by atoms with Crippen molar-refractivity contribution in [2.24, 2.45) is 0 Å². The standard InChI is InChI=1S/3C20H23N5.C19H22N6/c1-14-22-13-18-20(23-14)19-16-5-3-9-24(16)10-7-17(19)25(18)11-6-15-4-2-8-21-12-15;1-14-22-13-18-20(23-14)19-16-3-2-10-24(16)11-7-17(19)25(18)12-6-15-4-8-21-9-5-15;1-14-22-13-18-20(23-14)19-16-6-4-10-24(16)11-8-17(19)25(18)12-7-15-5-2-3-9-21-15;1-13-21-11-17-19(23-13)18-15-3-2-8-24(15)9-6-16(18)25(17)10-5-14-4-7-20-12-22-14/h2,4,8,12-13,16H,3,5-7,9-11H2,1H3;4-5,8-9,13,16H,2-3,6-7,10-12H2,1H3;2-3,5,9,13,16H,4,6-8,10-12H2,1H3;4,7,11-12,15H,2-3,5-6,8-10H2,1H3. The Kier molecular flexibility index (Phi) is 18.1. The molecular weight excluding hydrogens is 1240 g/mol. The summed E-state index contributed by atoms with van der Waals surface area (Å²) in [7, 11) is 0. The van der Waals surface area contributed by atoms with Crippen molar-refractivity contribution in [2.45, 2.75) is 181 Å². The molecule has 0 spiro atoms. The van der Waals surface area contributed by atoms with E-state index in [4.69, 9.17) is 19.9 Å². The minimum atomic E-state index is 0.542. The highest BCUT2D eigenvalue weighted by Gasteiger charge is 2.40. The van der Waals surface area contributed by atoms with E-state index in [-0.39, 0.29) is 0 Å². The summed E-state index contributed by atoms with van der Waals surface area (Å²) < 4.78 is 9.88. The van der Waals surface area contributed by atoms with Gasteiger partial charge in [-0.1, -0.05) is 12.1 Å². The number of nitrogens with zero attached hydrogens (tertiary/aromatic N) is 21. The van der Waals surface area contributed by atoms with E-state index in [1.807, 2.05) is 108 Å². The van der Waals surface area contributed by atoms with Gasteiger partial charge in [-0.25, -0.2) is 49.8 Å². The third-order valence-corrected chi connectivity index (χ3v) is 22.9. The zero-order valence-corrected chi connectivity index (χ0v) is 58.5. The van der Waals surface area contributed by atoms with E-state index in [1.54, 1.807) is 6.33 Å². The molecule has 512 valence electrons. The first-order valence-corrected chi connectivity index (χ1v) is 37.0. The molecule has 0 aliphatic carbocycles. The topological polar surface area (TPSA) is 200 Å². The molecule has 0 aromatic carbocycles. The Morgan fingerprint density at radius 3 is 1.09 bits per heavy atom. The summed E-state index contributed by atoms with van der Waals surface area (Å²) in [5.41, 5.74) is 26.2. The lowest BCUT2D eigenvalue weighted by Crippen LogP contribution is -2.31. The van der Waals surface area contributed by atoms with Gasteiger partial charge in [0.25, 0.3) is 0 Å². The molecule has 12 aromatic heterocycles. The van der Waals surface area contributed by atoms with Gasteiger partial charge in [-0.3, -0.25) is 34.6 Å². The van der Waals surface area contributed by atoms with Crippen molar-refractivity contribution in [3.63, 3.8) is 0 Å². The van der Waals surface area contributed by atoms with Gasteiger partial charge < -0.3 is 18.3 Å². The molecule has 4 fully saturated rings. The molecule has 0 bridgehead atoms. The fourth-order valence-electron chi connectivity index (χ4n) is 18.4. The van der Waals surface area contributed by atoms with E-state index in [0.717, 1.165) is 119 Å². The molecule has 0 N–H and O–H groups in total. The van der Waals surface area contributed by atoms with Gasteiger partial charge in [-0.15, -0.1) is 0 Å². The molecule has 0 radical (unpaired) electrons. The van der Waals surface area contributed by atoms with Crippen LogP contribution in [0.15, 0.2) is 117 Å². The Labute approximate surface area is 584 Å². The lowest BCUT2D eigenvalue weighted by molar-refractivity contribution is 0.241. The van der Waals surface area contributed by atoms with Gasteiger partial charge in [0.1, 0.15) is 29.6 Å². The minimum absolute atomic E-state index is 0.542. The second-order valence-corrected chi connectivity index (χ2v) is 28.7. The second-order valence-electron chi connectivity index (χ2n) is 28.7. The highest BCUT2D eigenvalue weighted by molar-refractivity contribution is 5.85. The van der Waals surface area contributed by atoms with Gasteiger partial charge >= 0.3 is 0 Å². The monoisotopic (exact) mass is 1330 g/mol. The molecule has 20 heterocycles. The molecule has 21 heteroatoms. The van der Waals surface area contributed by atoms with Crippen molar-refractivity contribution < 1.29 is 0 Å². The van der Waals surface area contributed by atoms with E-state index in [1.165, 1.54) is 197 Å². The lowest BCUT2D eigenvalue weighted by atomic mass is 9.98. The van der Waals surface area contributed by atoms with Crippen molar-refractivity contribution in [1.29, 1.82) is 0 Å². The van der Waals surface area contributed by atoms with Crippen LogP contribution < -0.4 is 0 Å². The average molecular weight is 1330 g/mol. The third-order valence-electron chi connectivity index (χ3n) is 22.9. The zero-order valence-electron chi connectivity index (χ0n) is 58.5. The predicted molar refractivity (Wildman–Crippen MR) is 388 cm³/mol. The lowest BCUT2D eigenvalue weighted by Gasteiger charge is -2.30. The van der Waals surface area contributed by atoms with E-state index in [2.05, 4.69) is 113 Å². The van der Waals surface area contributed by atoms with Crippen LogP contribution in [0.25, 0.3) is 44.1 Å². The molecule has 8 aliphatic rings. The molecule has 20 rings (SSSR count). The summed E-state index contributed by atoms with van der Waals surface area (Å²) in [6.45, 7) is 21.4. The highest BCUT2D eigenvalue weighted by atomic mass is 15.2. The van der Waals surface area contributed by atoms with Crippen LogP contribution in [0.4, 0.5) is 0 Å². The normalized spacial score (nSPS) is 20.0. The SMILES string of the molecule is Cc1ncc2c(n1)c1c(n2CCc2ccccn2)CCN2CCCC12.Cc1ncc2c(n1)c1c(n2CCc2cccnc2)CCN2CCCC12.Cc1ncc2c(n1)c1c(n2CCc2ccncc2)CCN2CCCC12.Cc1ncc2c(n1)c1c(n2CCc2ccncn2)CCN2CCCC12. The zero-order chi connectivity index (χ0) is 67.2. The van der Waals surface area contributed by atoms with E-state index in [9.17, 15) is 0 Å². The van der Waals surface area contributed by atoms with Crippen molar-refractivity contribution >= 4 is 44.1 Å². The molecule has 12 aromatic rings. The van der Waals surface area contributed by atoms with Crippen molar-refractivity contribution in [3.05, 3.63) is 208 Å². The maximum absolute atomic E-state index is 4.86. The number of rotatable bonds is 12. The van der Waals surface area contributed by atoms with Crippen LogP contribution in [0.5, 0.6) is 0 Å². The molecule has 4 atom stereocenters. The number of fused-ring (bicyclic) bond motifs is 20. The molecular formula is C79H91N21.